The van der Waals surface area contributed by atoms with Crippen molar-refractivity contribution in [2.75, 3.05) is 6.61 Å². The predicted molar refractivity (Wildman–Crippen MR) is 155 cm³/mol. The Balaban J connectivity index is 2.01. The van der Waals surface area contributed by atoms with Crippen LogP contribution in [0.15, 0.2) is 84.9 Å². The molecule has 1 amide bonds. The maximum Gasteiger partial charge on any atom is 0.461 e. The third-order valence-electron chi connectivity index (χ3n) is 7.04. The Kier molecular flexibility index (Phi) is 10.6. The van der Waals surface area contributed by atoms with Crippen molar-refractivity contribution in [1.82, 2.24) is 5.32 Å². The molecule has 0 heterocycles. The molecule has 4 rings (SSSR count). The van der Waals surface area contributed by atoms with Crippen LogP contribution in [0.3, 0.4) is 0 Å². The van der Waals surface area contributed by atoms with Crippen LogP contribution in [-0.4, -0.2) is 25.0 Å². The van der Waals surface area contributed by atoms with Crippen LogP contribution in [0.25, 0.3) is 0 Å². The zero-order chi connectivity index (χ0) is 35.4. The number of benzene rings is 4. The third-order valence-corrected chi connectivity index (χ3v) is 7.04. The van der Waals surface area contributed by atoms with E-state index in [9.17, 15) is 44.3 Å². The van der Waals surface area contributed by atoms with Gasteiger partial charge in [-0.2, -0.15) is 30.7 Å². The number of rotatable bonds is 12. The molecule has 0 saturated heterocycles. The van der Waals surface area contributed by atoms with Crippen molar-refractivity contribution in [3.63, 3.8) is 0 Å². The number of carbonyl (C=O) groups is 1. The summed E-state index contributed by atoms with van der Waals surface area (Å²) >= 11 is 0. The van der Waals surface area contributed by atoms with Crippen LogP contribution in [0, 0.1) is 23.4 Å². The molecule has 4 aromatic rings. The fourth-order valence-electron chi connectivity index (χ4n) is 4.82. The van der Waals surface area contributed by atoms with Gasteiger partial charge in [-0.05, 0) is 65.1 Å². The van der Waals surface area contributed by atoms with E-state index in [1.54, 1.807) is 44.2 Å². The lowest BCUT2D eigenvalue weighted by Gasteiger charge is -2.37. The summed E-state index contributed by atoms with van der Waals surface area (Å²) in [7, 11) is 0. The summed E-state index contributed by atoms with van der Waals surface area (Å²) in [5.41, 5.74) is -4.78. The Bertz CT molecular complexity index is 1750. The van der Waals surface area contributed by atoms with Gasteiger partial charge < -0.3 is 14.8 Å². The van der Waals surface area contributed by atoms with Gasteiger partial charge in [0.05, 0.1) is 17.7 Å². The van der Waals surface area contributed by atoms with Crippen molar-refractivity contribution in [3.05, 3.63) is 130 Å². The van der Waals surface area contributed by atoms with E-state index in [0.29, 0.717) is 17.7 Å². The van der Waals surface area contributed by atoms with Gasteiger partial charge in [0.1, 0.15) is 17.4 Å². The highest BCUT2D eigenvalue weighted by molar-refractivity contribution is 5.95. The number of halogens is 10. The fourth-order valence-corrected chi connectivity index (χ4v) is 4.82. The molecule has 0 aromatic heterocycles. The fraction of sp³-hybridized carbons (Fsp3) is 0.265. The SMILES string of the molecule is CC(C)COc1cc(C(Cc2ccccc2)(NC(=O)c2ccc(F)c(C(F)(F)F)c2)c2cc(F)cc(OC(F)(F)C(F)F)c2)ccc1F. The van der Waals surface area contributed by atoms with Gasteiger partial charge in [-0.25, -0.2) is 13.2 Å². The van der Waals surface area contributed by atoms with Crippen LogP contribution in [0.1, 0.15) is 46.5 Å². The van der Waals surface area contributed by atoms with Gasteiger partial charge in [0.2, 0.25) is 0 Å². The van der Waals surface area contributed by atoms with Gasteiger partial charge in [-0.15, -0.1) is 0 Å². The van der Waals surface area contributed by atoms with E-state index >= 15 is 4.39 Å². The average Bonchev–Trinajstić information content (AvgIpc) is 2.99. The first-order valence-electron chi connectivity index (χ1n) is 14.2. The van der Waals surface area contributed by atoms with Crippen LogP contribution >= 0.6 is 0 Å². The average molecular weight is 688 g/mol. The van der Waals surface area contributed by atoms with Gasteiger partial charge >= 0.3 is 18.7 Å². The molecule has 0 aliphatic rings. The van der Waals surface area contributed by atoms with Gasteiger partial charge in [0.25, 0.3) is 5.91 Å². The van der Waals surface area contributed by atoms with E-state index in [1.165, 1.54) is 0 Å². The van der Waals surface area contributed by atoms with Crippen molar-refractivity contribution in [2.24, 2.45) is 5.92 Å². The van der Waals surface area contributed by atoms with Gasteiger partial charge in [-0.3, -0.25) is 4.79 Å². The number of ether oxygens (including phenoxy) is 2. The zero-order valence-corrected chi connectivity index (χ0v) is 25.2. The predicted octanol–water partition coefficient (Wildman–Crippen LogP) is 9.31. The normalized spacial score (nSPS) is 13.4. The molecule has 0 radical (unpaired) electrons. The molecule has 0 fully saturated rings. The Morgan fingerprint density at radius 3 is 2.08 bits per heavy atom. The lowest BCUT2D eigenvalue weighted by atomic mass is 9.77. The maximum absolute atomic E-state index is 15.2. The number of carbonyl (C=O) groups excluding carboxylic acids is 1. The highest BCUT2D eigenvalue weighted by Gasteiger charge is 2.45. The number of alkyl halides is 7. The Morgan fingerprint density at radius 2 is 1.46 bits per heavy atom. The maximum atomic E-state index is 15.2. The van der Waals surface area contributed by atoms with E-state index in [4.69, 9.17) is 4.74 Å². The molecule has 1 N–H and O–H groups in total. The van der Waals surface area contributed by atoms with E-state index in [2.05, 4.69) is 10.1 Å². The largest absolute Gasteiger partial charge is 0.490 e. The highest BCUT2D eigenvalue weighted by Crippen LogP contribution is 2.40. The van der Waals surface area contributed by atoms with Crippen LogP contribution in [0.2, 0.25) is 0 Å². The van der Waals surface area contributed by atoms with Crippen LogP contribution in [0.5, 0.6) is 11.5 Å². The summed E-state index contributed by atoms with van der Waals surface area (Å²) < 4.78 is 149. The number of nitrogens with one attached hydrogen (secondary N) is 1. The van der Waals surface area contributed by atoms with Gasteiger partial charge in [0, 0.05) is 18.1 Å². The molecule has 1 unspecified atom stereocenters. The first kappa shape index (κ1) is 36.1. The van der Waals surface area contributed by atoms with E-state index in [1.807, 2.05) is 0 Å². The van der Waals surface area contributed by atoms with Crippen molar-refractivity contribution in [1.29, 1.82) is 0 Å². The zero-order valence-electron chi connectivity index (χ0n) is 25.2. The molecule has 48 heavy (non-hydrogen) atoms. The standard InChI is InChI=1S/C34H27F10NO3/c1-19(2)18-47-29-15-22(9-11-28(29)37)32(17-20-6-4-3-5-7-20,23-13-24(35)16-25(14-23)48-34(43,44)31(38)39)45-30(46)21-8-10-27(36)26(12-21)33(40,41)42/h3-16,19,31H,17-18H2,1-2H3,(H,45,46). The summed E-state index contributed by atoms with van der Waals surface area (Å²) in [6.07, 6.45) is -15.0. The molecule has 256 valence electrons. The van der Waals surface area contributed by atoms with E-state index in [-0.39, 0.29) is 29.9 Å². The minimum atomic E-state index is -5.20. The summed E-state index contributed by atoms with van der Waals surface area (Å²) in [6.45, 7) is 3.54. The summed E-state index contributed by atoms with van der Waals surface area (Å²) in [5, 5.41) is 2.51. The molecule has 4 nitrogen and oxygen atoms in total. The molecule has 4 aromatic carbocycles. The minimum Gasteiger partial charge on any atom is -0.490 e. The Morgan fingerprint density at radius 1 is 0.792 bits per heavy atom. The third kappa shape index (κ3) is 8.39. The molecule has 0 aliphatic heterocycles. The van der Waals surface area contributed by atoms with Crippen molar-refractivity contribution in [2.45, 2.75) is 44.5 Å². The summed E-state index contributed by atoms with van der Waals surface area (Å²) in [6, 6.07) is 14.3. The second kappa shape index (κ2) is 14.2. The second-order valence-electron chi connectivity index (χ2n) is 11.2. The number of amides is 1. The van der Waals surface area contributed by atoms with Gasteiger partial charge in [-0.1, -0.05) is 50.2 Å². The molecule has 0 bridgehead atoms. The van der Waals surface area contributed by atoms with Crippen molar-refractivity contribution < 1.29 is 58.2 Å². The highest BCUT2D eigenvalue weighted by atomic mass is 19.4. The molecular weight excluding hydrogens is 660 g/mol. The van der Waals surface area contributed by atoms with Crippen molar-refractivity contribution in [3.8, 4) is 11.5 Å². The van der Waals surface area contributed by atoms with E-state index in [0.717, 1.165) is 36.4 Å². The summed E-state index contributed by atoms with van der Waals surface area (Å²) in [4.78, 5) is 13.8. The smallest absolute Gasteiger partial charge is 0.461 e. The number of hydrogen-bond acceptors (Lipinski definition) is 3. The molecule has 0 aliphatic carbocycles. The van der Waals surface area contributed by atoms with Crippen LogP contribution < -0.4 is 14.8 Å². The summed E-state index contributed by atoms with van der Waals surface area (Å²) in [5.74, 6) is -6.66. The first-order valence-corrected chi connectivity index (χ1v) is 14.2. The minimum absolute atomic E-state index is 0.00881. The van der Waals surface area contributed by atoms with Crippen molar-refractivity contribution >= 4 is 5.91 Å². The molecule has 1 atom stereocenters. The van der Waals surface area contributed by atoms with Crippen LogP contribution in [-0.2, 0) is 18.1 Å². The van der Waals surface area contributed by atoms with Crippen LogP contribution in [0.4, 0.5) is 43.9 Å². The molecular formula is C34H27F10NO3. The lowest BCUT2D eigenvalue weighted by molar-refractivity contribution is -0.253. The van der Waals surface area contributed by atoms with E-state index < -0.39 is 76.5 Å². The Hall–Kier alpha value is -4.75. The first-order chi connectivity index (χ1) is 22.4. The molecule has 0 spiro atoms. The number of hydrogen-bond donors (Lipinski definition) is 1. The second-order valence-corrected chi connectivity index (χ2v) is 11.2. The molecule has 0 saturated carbocycles. The quantitative estimate of drug-likeness (QED) is 0.151. The van der Waals surface area contributed by atoms with Gasteiger partial charge in [0.15, 0.2) is 11.6 Å². The monoisotopic (exact) mass is 687 g/mol. The lowest BCUT2D eigenvalue weighted by Crippen LogP contribution is -2.49. The molecule has 14 heteroatoms. The Labute approximate surface area is 268 Å². The topological polar surface area (TPSA) is 47.6 Å².